The molecule has 6 heteroatoms. The van der Waals surface area contributed by atoms with Crippen molar-refractivity contribution in [2.24, 2.45) is 11.7 Å². The third-order valence-electron chi connectivity index (χ3n) is 3.69. The summed E-state index contributed by atoms with van der Waals surface area (Å²) < 4.78 is 26.2. The maximum absolute atomic E-state index is 12.4. The first-order chi connectivity index (χ1) is 8.84. The minimum Gasteiger partial charge on any atom is -0.366 e. The molecule has 0 aliphatic heterocycles. The number of hydrogen-bond donors (Lipinski definition) is 1. The number of hydrogen-bond acceptors (Lipinski definition) is 3. The van der Waals surface area contributed by atoms with E-state index in [4.69, 9.17) is 5.73 Å². The van der Waals surface area contributed by atoms with E-state index < -0.39 is 15.9 Å². The largest absolute Gasteiger partial charge is 0.366 e. The molecule has 1 fully saturated rings. The van der Waals surface area contributed by atoms with Gasteiger partial charge in [-0.3, -0.25) is 4.79 Å². The molecule has 1 aromatic carbocycles. The number of nitrogens with zero attached hydrogens (tertiary/aromatic N) is 1. The number of carbonyl (C=O) groups excluding carboxylic acids is 1. The highest BCUT2D eigenvalue weighted by molar-refractivity contribution is 7.89. The van der Waals surface area contributed by atoms with Gasteiger partial charge in [0.25, 0.3) is 0 Å². The third kappa shape index (κ3) is 2.79. The van der Waals surface area contributed by atoms with E-state index in [1.54, 1.807) is 7.05 Å². The monoisotopic (exact) mass is 282 g/mol. The Hall–Kier alpha value is -1.40. The van der Waals surface area contributed by atoms with Gasteiger partial charge in [-0.1, -0.05) is 0 Å². The molecule has 0 saturated heterocycles. The number of benzene rings is 1. The van der Waals surface area contributed by atoms with Crippen LogP contribution in [0.15, 0.2) is 29.2 Å². The molecule has 5 nitrogen and oxygen atoms in total. The molecule has 104 valence electrons. The van der Waals surface area contributed by atoms with Gasteiger partial charge in [0, 0.05) is 18.7 Å². The van der Waals surface area contributed by atoms with Crippen molar-refractivity contribution in [1.82, 2.24) is 4.31 Å². The van der Waals surface area contributed by atoms with Crippen LogP contribution in [0, 0.1) is 5.92 Å². The Morgan fingerprint density at radius 1 is 1.32 bits per heavy atom. The Kier molecular flexibility index (Phi) is 3.64. The van der Waals surface area contributed by atoms with Gasteiger partial charge >= 0.3 is 0 Å². The zero-order valence-corrected chi connectivity index (χ0v) is 11.9. The molecule has 0 heterocycles. The van der Waals surface area contributed by atoms with Crippen molar-refractivity contribution in [3.63, 3.8) is 0 Å². The summed E-state index contributed by atoms with van der Waals surface area (Å²) in [6.45, 7) is 1.92. The Morgan fingerprint density at radius 3 is 2.26 bits per heavy atom. The summed E-state index contributed by atoms with van der Waals surface area (Å²) in [5.41, 5.74) is 5.43. The second-order valence-corrected chi connectivity index (χ2v) is 6.99. The van der Waals surface area contributed by atoms with E-state index in [2.05, 4.69) is 0 Å². The fraction of sp³-hybridized carbons (Fsp3) is 0.462. The fourth-order valence-electron chi connectivity index (χ4n) is 2.05. The summed E-state index contributed by atoms with van der Waals surface area (Å²) in [6.07, 6.45) is 2.17. The maximum Gasteiger partial charge on any atom is 0.248 e. The highest BCUT2D eigenvalue weighted by Gasteiger charge is 2.35. The average Bonchev–Trinajstić information content (AvgIpc) is 3.21. The molecule has 0 bridgehead atoms. The van der Waals surface area contributed by atoms with E-state index in [1.807, 2.05) is 6.92 Å². The van der Waals surface area contributed by atoms with Crippen LogP contribution in [0.3, 0.4) is 0 Å². The first kappa shape index (κ1) is 14.0. The average molecular weight is 282 g/mol. The van der Waals surface area contributed by atoms with Gasteiger partial charge in [-0.05, 0) is 49.9 Å². The van der Waals surface area contributed by atoms with E-state index in [0.717, 1.165) is 12.8 Å². The molecule has 0 aromatic heterocycles. The molecular formula is C13H18N2O3S. The normalized spacial score (nSPS) is 17.4. The number of carbonyl (C=O) groups is 1. The van der Waals surface area contributed by atoms with Crippen molar-refractivity contribution in [3.8, 4) is 0 Å². The van der Waals surface area contributed by atoms with Crippen LogP contribution in [0.1, 0.15) is 30.1 Å². The molecule has 2 rings (SSSR count). The van der Waals surface area contributed by atoms with Crippen LogP contribution in [-0.2, 0) is 10.0 Å². The highest BCUT2D eigenvalue weighted by Crippen LogP contribution is 2.36. The zero-order valence-electron chi connectivity index (χ0n) is 11.0. The zero-order chi connectivity index (χ0) is 14.2. The smallest absolute Gasteiger partial charge is 0.248 e. The van der Waals surface area contributed by atoms with Gasteiger partial charge in [-0.15, -0.1) is 0 Å². The Bertz CT molecular complexity index is 576. The van der Waals surface area contributed by atoms with Crippen molar-refractivity contribution >= 4 is 15.9 Å². The topological polar surface area (TPSA) is 80.5 Å². The van der Waals surface area contributed by atoms with E-state index in [-0.39, 0.29) is 10.9 Å². The van der Waals surface area contributed by atoms with Gasteiger partial charge in [0.2, 0.25) is 15.9 Å². The van der Waals surface area contributed by atoms with Crippen LogP contribution in [0.4, 0.5) is 0 Å². The molecule has 1 aromatic rings. The molecule has 1 aliphatic carbocycles. The number of amides is 1. The molecule has 1 saturated carbocycles. The van der Waals surface area contributed by atoms with E-state index in [0.29, 0.717) is 11.5 Å². The van der Waals surface area contributed by atoms with E-state index >= 15 is 0 Å². The molecule has 19 heavy (non-hydrogen) atoms. The van der Waals surface area contributed by atoms with Gasteiger partial charge in [-0.2, -0.15) is 4.31 Å². The second-order valence-electron chi connectivity index (χ2n) is 4.99. The van der Waals surface area contributed by atoms with Crippen LogP contribution in [0.5, 0.6) is 0 Å². The molecule has 1 atom stereocenters. The summed E-state index contributed by atoms with van der Waals surface area (Å²) in [6, 6.07) is 5.72. The third-order valence-corrected chi connectivity index (χ3v) is 5.65. The van der Waals surface area contributed by atoms with Crippen LogP contribution in [-0.4, -0.2) is 31.7 Å². The minimum atomic E-state index is -3.50. The van der Waals surface area contributed by atoms with Crippen molar-refractivity contribution in [2.45, 2.75) is 30.7 Å². The van der Waals surface area contributed by atoms with Gasteiger partial charge in [0.15, 0.2) is 0 Å². The minimum absolute atomic E-state index is 0.000756. The van der Waals surface area contributed by atoms with Gasteiger partial charge in [-0.25, -0.2) is 8.42 Å². The second kappa shape index (κ2) is 4.94. The van der Waals surface area contributed by atoms with E-state index in [1.165, 1.54) is 28.6 Å². The maximum atomic E-state index is 12.4. The molecule has 1 aliphatic rings. The van der Waals surface area contributed by atoms with Crippen LogP contribution in [0.25, 0.3) is 0 Å². The van der Waals surface area contributed by atoms with Crippen LogP contribution in [0.2, 0.25) is 0 Å². The first-order valence-electron chi connectivity index (χ1n) is 6.22. The number of rotatable bonds is 5. The SMILES string of the molecule is CC(C1CC1)N(C)S(=O)(=O)c1ccc(C(N)=O)cc1. The van der Waals surface area contributed by atoms with Crippen LogP contribution >= 0.6 is 0 Å². The standard InChI is InChI=1S/C13H18N2O3S/c1-9(10-3-4-10)15(2)19(17,18)12-7-5-11(6-8-12)13(14)16/h5-10H,3-4H2,1-2H3,(H2,14,16). The van der Waals surface area contributed by atoms with Crippen molar-refractivity contribution < 1.29 is 13.2 Å². The predicted octanol–water partition coefficient (Wildman–Crippen LogP) is 1.20. The summed E-state index contributed by atoms with van der Waals surface area (Å²) in [5.74, 6) is -0.103. The lowest BCUT2D eigenvalue weighted by atomic mass is 10.2. The lowest BCUT2D eigenvalue weighted by molar-refractivity contribution is 0.1000. The quantitative estimate of drug-likeness (QED) is 0.881. The molecule has 0 radical (unpaired) electrons. The Balaban J connectivity index is 2.25. The summed E-state index contributed by atoms with van der Waals surface area (Å²) in [5, 5.41) is 0. The number of nitrogens with two attached hydrogens (primary N) is 1. The molecule has 0 spiro atoms. The molecular weight excluding hydrogens is 264 g/mol. The summed E-state index contributed by atoms with van der Waals surface area (Å²) >= 11 is 0. The van der Waals surface area contributed by atoms with Crippen molar-refractivity contribution in [2.75, 3.05) is 7.05 Å². The fourth-order valence-corrected chi connectivity index (χ4v) is 3.47. The molecule has 1 unspecified atom stereocenters. The number of sulfonamides is 1. The van der Waals surface area contributed by atoms with Gasteiger partial charge in [0.05, 0.1) is 4.90 Å². The molecule has 1 amide bonds. The first-order valence-corrected chi connectivity index (χ1v) is 7.66. The molecule has 2 N–H and O–H groups in total. The predicted molar refractivity (Wildman–Crippen MR) is 72.1 cm³/mol. The summed E-state index contributed by atoms with van der Waals surface area (Å²) in [4.78, 5) is 11.2. The van der Waals surface area contributed by atoms with Gasteiger partial charge < -0.3 is 5.73 Å². The van der Waals surface area contributed by atoms with Gasteiger partial charge in [0.1, 0.15) is 0 Å². The number of primary amides is 1. The van der Waals surface area contributed by atoms with E-state index in [9.17, 15) is 13.2 Å². The highest BCUT2D eigenvalue weighted by atomic mass is 32.2. The van der Waals surface area contributed by atoms with Crippen molar-refractivity contribution in [1.29, 1.82) is 0 Å². The van der Waals surface area contributed by atoms with Crippen molar-refractivity contribution in [3.05, 3.63) is 29.8 Å². The summed E-state index contributed by atoms with van der Waals surface area (Å²) in [7, 11) is -1.91. The lowest BCUT2D eigenvalue weighted by Gasteiger charge is -2.24. The Morgan fingerprint density at radius 2 is 1.84 bits per heavy atom. The van der Waals surface area contributed by atoms with Crippen LogP contribution < -0.4 is 5.73 Å². The lowest BCUT2D eigenvalue weighted by Crippen LogP contribution is -2.36. The Labute approximate surface area is 113 Å².